The van der Waals surface area contributed by atoms with Crippen molar-refractivity contribution >= 4 is 28.9 Å². The number of alkyl halides is 4. The summed E-state index contributed by atoms with van der Waals surface area (Å²) in [6, 6.07) is 9.74. The first-order valence-electron chi connectivity index (χ1n) is 10.7. The molecule has 2 atom stereocenters. The second-order valence-electron chi connectivity index (χ2n) is 8.64. The highest BCUT2D eigenvalue weighted by atomic mass is 35.5. The molecule has 0 bridgehead atoms. The van der Waals surface area contributed by atoms with Crippen molar-refractivity contribution < 1.29 is 22.3 Å². The highest BCUT2D eigenvalue weighted by Gasteiger charge is 2.40. The van der Waals surface area contributed by atoms with Gasteiger partial charge in [-0.2, -0.15) is 18.2 Å². The Morgan fingerprint density at radius 3 is 2.48 bits per heavy atom. The molecule has 180 valence electrons. The molecular weight excluding hydrogens is 481 g/mol. The molecule has 0 spiro atoms. The lowest BCUT2D eigenvalue weighted by molar-refractivity contribution is -0.143. The Hall–Kier alpha value is -1.58. The van der Waals surface area contributed by atoms with E-state index in [-0.39, 0.29) is 11.2 Å². The third-order valence-electron chi connectivity index (χ3n) is 6.36. The van der Waals surface area contributed by atoms with Crippen molar-refractivity contribution in [2.75, 3.05) is 31.7 Å². The van der Waals surface area contributed by atoms with Gasteiger partial charge in [0.05, 0.1) is 18.4 Å². The summed E-state index contributed by atoms with van der Waals surface area (Å²) in [6.07, 6.45) is -3.24. The Morgan fingerprint density at radius 1 is 1.18 bits per heavy atom. The zero-order chi connectivity index (χ0) is 23.8. The number of halogens is 6. The van der Waals surface area contributed by atoms with Crippen LogP contribution in [0.5, 0.6) is 0 Å². The first-order chi connectivity index (χ1) is 15.6. The fourth-order valence-corrected chi connectivity index (χ4v) is 5.09. The zero-order valence-electron chi connectivity index (χ0n) is 18.0. The van der Waals surface area contributed by atoms with Crippen molar-refractivity contribution in [1.82, 2.24) is 10.3 Å². The van der Waals surface area contributed by atoms with Gasteiger partial charge in [0, 0.05) is 21.6 Å². The number of hydrogen-bond donors (Lipinski definition) is 2. The molecule has 2 N–H and O–H groups in total. The Bertz CT molecular complexity index is 981. The summed E-state index contributed by atoms with van der Waals surface area (Å²) in [5.74, 6) is -0.295. The van der Waals surface area contributed by atoms with Gasteiger partial charge in [-0.25, -0.2) is 4.39 Å². The SMILES string of the molecule is CC(OCC1(c2ccc(F)cc2)CCNCC1)c1cc(Cl)cc2c1NN(CC(F)(F)F)C2Cl. The van der Waals surface area contributed by atoms with Crippen LogP contribution in [0.3, 0.4) is 0 Å². The number of rotatable bonds is 6. The predicted molar refractivity (Wildman–Crippen MR) is 121 cm³/mol. The highest BCUT2D eigenvalue weighted by Crippen LogP contribution is 2.45. The maximum Gasteiger partial charge on any atom is 0.403 e. The Kier molecular flexibility index (Phi) is 7.13. The van der Waals surface area contributed by atoms with Gasteiger partial charge in [-0.3, -0.25) is 0 Å². The van der Waals surface area contributed by atoms with Crippen LogP contribution in [0.4, 0.5) is 23.2 Å². The van der Waals surface area contributed by atoms with Crippen molar-refractivity contribution in [2.45, 2.75) is 43.0 Å². The van der Waals surface area contributed by atoms with E-state index in [2.05, 4.69) is 10.7 Å². The van der Waals surface area contributed by atoms with E-state index in [0.29, 0.717) is 28.4 Å². The summed E-state index contributed by atoms with van der Waals surface area (Å²) in [6.45, 7) is 2.62. The van der Waals surface area contributed by atoms with Crippen LogP contribution in [0.15, 0.2) is 36.4 Å². The van der Waals surface area contributed by atoms with Crippen LogP contribution in [0.2, 0.25) is 5.02 Å². The summed E-state index contributed by atoms with van der Waals surface area (Å²) in [4.78, 5) is 0. The van der Waals surface area contributed by atoms with Crippen molar-refractivity contribution in [1.29, 1.82) is 0 Å². The first kappa shape index (κ1) is 24.5. The number of anilines is 1. The molecule has 0 aliphatic carbocycles. The number of ether oxygens (including phenoxy) is 1. The van der Waals surface area contributed by atoms with Crippen molar-refractivity contribution in [2.24, 2.45) is 0 Å². The molecule has 10 heteroatoms. The normalized spacial score (nSPS) is 21.5. The van der Waals surface area contributed by atoms with Gasteiger partial charge in [0.15, 0.2) is 0 Å². The molecule has 2 aliphatic rings. The van der Waals surface area contributed by atoms with Crippen LogP contribution < -0.4 is 10.7 Å². The predicted octanol–water partition coefficient (Wildman–Crippen LogP) is 6.32. The number of nitrogens with one attached hydrogen (secondary N) is 2. The van der Waals surface area contributed by atoms with E-state index in [0.717, 1.165) is 36.5 Å². The van der Waals surface area contributed by atoms with Gasteiger partial charge in [0.1, 0.15) is 17.9 Å². The average Bonchev–Trinajstić information content (AvgIpc) is 3.06. The molecule has 2 aromatic carbocycles. The van der Waals surface area contributed by atoms with Gasteiger partial charge >= 0.3 is 6.18 Å². The number of hydrogen-bond acceptors (Lipinski definition) is 4. The number of fused-ring (bicyclic) bond motifs is 1. The molecule has 1 fully saturated rings. The lowest BCUT2D eigenvalue weighted by Gasteiger charge is -2.39. The topological polar surface area (TPSA) is 36.5 Å². The fraction of sp³-hybridized carbons (Fsp3) is 0.478. The number of hydrazine groups is 1. The van der Waals surface area contributed by atoms with E-state index in [4.69, 9.17) is 27.9 Å². The van der Waals surface area contributed by atoms with Crippen molar-refractivity contribution in [3.05, 3.63) is 63.9 Å². The van der Waals surface area contributed by atoms with Gasteiger partial charge in [-0.1, -0.05) is 35.3 Å². The van der Waals surface area contributed by atoms with E-state index >= 15 is 0 Å². The van der Waals surface area contributed by atoms with E-state index in [1.54, 1.807) is 24.3 Å². The van der Waals surface area contributed by atoms with Gasteiger partial charge in [0.2, 0.25) is 0 Å². The molecule has 0 amide bonds. The van der Waals surface area contributed by atoms with Crippen LogP contribution in [0, 0.1) is 5.82 Å². The molecule has 2 aliphatic heterocycles. The summed E-state index contributed by atoms with van der Waals surface area (Å²) in [5.41, 5.74) is 4.09. The van der Waals surface area contributed by atoms with Gasteiger partial charge in [-0.05, 0) is 62.7 Å². The molecular formula is C23H25Cl2F4N3O. The summed E-state index contributed by atoms with van der Waals surface area (Å²) in [7, 11) is 0. The van der Waals surface area contributed by atoms with Crippen LogP contribution in [-0.2, 0) is 10.2 Å². The van der Waals surface area contributed by atoms with Gasteiger partial charge < -0.3 is 15.5 Å². The second-order valence-corrected chi connectivity index (χ2v) is 9.49. The molecule has 2 aromatic rings. The van der Waals surface area contributed by atoms with Crippen molar-refractivity contribution in [3.8, 4) is 0 Å². The Labute approximate surface area is 200 Å². The monoisotopic (exact) mass is 505 g/mol. The second kappa shape index (κ2) is 9.58. The number of benzene rings is 2. The Balaban J connectivity index is 1.56. The molecule has 2 unspecified atom stereocenters. The van der Waals surface area contributed by atoms with Gasteiger partial charge in [-0.15, -0.1) is 0 Å². The van der Waals surface area contributed by atoms with Crippen LogP contribution >= 0.6 is 23.2 Å². The summed E-state index contributed by atoms with van der Waals surface area (Å²) >= 11 is 12.6. The third-order valence-corrected chi connectivity index (χ3v) is 7.05. The minimum absolute atomic E-state index is 0.292. The number of nitrogens with zero attached hydrogens (tertiary/aromatic N) is 1. The first-order valence-corrected chi connectivity index (χ1v) is 11.6. The fourth-order valence-electron chi connectivity index (χ4n) is 4.57. The highest BCUT2D eigenvalue weighted by molar-refractivity contribution is 6.31. The van der Waals surface area contributed by atoms with E-state index in [1.165, 1.54) is 12.1 Å². The molecule has 0 aromatic heterocycles. The largest absolute Gasteiger partial charge is 0.403 e. The van der Waals surface area contributed by atoms with Crippen LogP contribution in [0.1, 0.15) is 48.1 Å². The number of piperidine rings is 1. The molecule has 4 nitrogen and oxygen atoms in total. The molecule has 4 rings (SSSR count). The zero-order valence-corrected chi connectivity index (χ0v) is 19.5. The molecule has 33 heavy (non-hydrogen) atoms. The van der Waals surface area contributed by atoms with Crippen molar-refractivity contribution in [3.63, 3.8) is 0 Å². The summed E-state index contributed by atoms with van der Waals surface area (Å²) < 4.78 is 58.7. The third kappa shape index (κ3) is 5.41. The lowest BCUT2D eigenvalue weighted by Crippen LogP contribution is -2.43. The minimum Gasteiger partial charge on any atom is -0.373 e. The maximum absolute atomic E-state index is 13.5. The lowest BCUT2D eigenvalue weighted by atomic mass is 9.74. The molecule has 0 radical (unpaired) electrons. The summed E-state index contributed by atoms with van der Waals surface area (Å²) in [5, 5.41) is 4.65. The van der Waals surface area contributed by atoms with E-state index in [1.807, 2.05) is 6.92 Å². The van der Waals surface area contributed by atoms with E-state index < -0.39 is 24.3 Å². The minimum atomic E-state index is -4.41. The van der Waals surface area contributed by atoms with Gasteiger partial charge in [0.25, 0.3) is 0 Å². The molecule has 0 saturated carbocycles. The van der Waals surface area contributed by atoms with Crippen LogP contribution in [-0.4, -0.2) is 37.4 Å². The maximum atomic E-state index is 13.5. The average molecular weight is 506 g/mol. The van der Waals surface area contributed by atoms with Crippen LogP contribution in [0.25, 0.3) is 0 Å². The Morgan fingerprint density at radius 2 is 1.85 bits per heavy atom. The standard InChI is InChI=1S/C23H25Cl2F4N3O/c1-14(33-13-22(6-8-30-9-7-22)15-2-4-17(26)5-3-15)18-10-16(24)11-19-20(18)31-32(21(19)25)12-23(27,28)29/h2-5,10-11,14,21,30-31H,6-9,12-13H2,1H3. The van der Waals surface area contributed by atoms with E-state index in [9.17, 15) is 17.6 Å². The molecule has 1 saturated heterocycles. The smallest absolute Gasteiger partial charge is 0.373 e. The quantitative estimate of drug-likeness (QED) is 0.273. The molecule has 2 heterocycles.